The fourth-order valence-corrected chi connectivity index (χ4v) is 5.17. The molecule has 0 aliphatic carbocycles. The number of hydrogen-bond donors (Lipinski definition) is 1. The van der Waals surface area contributed by atoms with Crippen molar-refractivity contribution in [3.63, 3.8) is 0 Å². The van der Waals surface area contributed by atoms with E-state index in [9.17, 15) is 23.1 Å². The van der Waals surface area contributed by atoms with E-state index in [0.29, 0.717) is 48.9 Å². The Kier molecular flexibility index (Phi) is 7.68. The summed E-state index contributed by atoms with van der Waals surface area (Å²) < 4.78 is 29.6. The Morgan fingerprint density at radius 2 is 1.54 bits per heavy atom. The van der Waals surface area contributed by atoms with E-state index in [1.54, 1.807) is 65.6 Å². The number of sulfone groups is 1. The van der Waals surface area contributed by atoms with Crippen molar-refractivity contribution in [2.45, 2.75) is 4.90 Å². The van der Waals surface area contributed by atoms with E-state index >= 15 is 0 Å². The summed E-state index contributed by atoms with van der Waals surface area (Å²) in [6.45, 7) is 1.51. The maximum absolute atomic E-state index is 13.4. The largest absolute Gasteiger partial charge is 0.508 e. The zero-order valence-electron chi connectivity index (χ0n) is 20.7. The Morgan fingerprint density at radius 3 is 2.14 bits per heavy atom. The van der Waals surface area contributed by atoms with E-state index in [4.69, 9.17) is 4.74 Å². The van der Waals surface area contributed by atoms with Gasteiger partial charge in [0.2, 0.25) is 5.91 Å². The molecule has 10 heteroatoms. The van der Waals surface area contributed by atoms with Gasteiger partial charge < -0.3 is 19.6 Å². The van der Waals surface area contributed by atoms with Crippen LogP contribution in [-0.2, 0) is 14.6 Å². The summed E-state index contributed by atoms with van der Waals surface area (Å²) in [4.78, 5) is 32.0. The van der Waals surface area contributed by atoms with Crippen LogP contribution in [0.25, 0.3) is 0 Å². The van der Waals surface area contributed by atoms with Crippen LogP contribution >= 0.6 is 0 Å². The summed E-state index contributed by atoms with van der Waals surface area (Å²) in [7, 11) is -1.86. The lowest BCUT2D eigenvalue weighted by molar-refractivity contribution is -0.129. The van der Waals surface area contributed by atoms with Gasteiger partial charge in [0, 0.05) is 43.7 Å². The zero-order valence-corrected chi connectivity index (χ0v) is 21.5. The van der Waals surface area contributed by atoms with Crippen molar-refractivity contribution >= 4 is 33.0 Å². The normalized spacial score (nSPS) is 13.8. The van der Waals surface area contributed by atoms with Crippen molar-refractivity contribution in [2.75, 3.05) is 55.9 Å². The molecule has 3 aromatic rings. The van der Waals surface area contributed by atoms with E-state index in [1.165, 1.54) is 30.4 Å². The highest BCUT2D eigenvalue weighted by molar-refractivity contribution is 7.90. The molecule has 1 aliphatic rings. The number of benzene rings is 3. The molecular weight excluding hydrogens is 494 g/mol. The molecular formula is C27H29N3O6S. The number of ether oxygens (including phenoxy) is 1. The van der Waals surface area contributed by atoms with Crippen LogP contribution < -0.4 is 14.5 Å². The number of amides is 2. The quantitative estimate of drug-likeness (QED) is 0.507. The molecule has 2 amide bonds. The van der Waals surface area contributed by atoms with E-state index in [0.717, 1.165) is 0 Å². The second kappa shape index (κ2) is 10.9. The van der Waals surface area contributed by atoms with E-state index in [2.05, 4.69) is 0 Å². The first kappa shape index (κ1) is 26.0. The second-order valence-electron chi connectivity index (χ2n) is 8.74. The van der Waals surface area contributed by atoms with Gasteiger partial charge in [0.05, 0.1) is 17.7 Å². The maximum atomic E-state index is 13.4. The Labute approximate surface area is 216 Å². The summed E-state index contributed by atoms with van der Waals surface area (Å²) >= 11 is 0. The number of phenols is 1. The number of rotatable bonds is 7. The first-order valence-electron chi connectivity index (χ1n) is 11.7. The number of hydrogen-bond acceptors (Lipinski definition) is 7. The van der Waals surface area contributed by atoms with E-state index in [1.807, 2.05) is 4.90 Å². The Bertz CT molecular complexity index is 1370. The third-order valence-corrected chi connectivity index (χ3v) is 7.42. The predicted molar refractivity (Wildman–Crippen MR) is 141 cm³/mol. The molecule has 194 valence electrons. The topological polar surface area (TPSA) is 107 Å². The third-order valence-electron chi connectivity index (χ3n) is 6.27. The van der Waals surface area contributed by atoms with E-state index < -0.39 is 9.84 Å². The van der Waals surface area contributed by atoms with Crippen LogP contribution in [0.5, 0.6) is 11.5 Å². The van der Waals surface area contributed by atoms with Gasteiger partial charge >= 0.3 is 0 Å². The van der Waals surface area contributed by atoms with Crippen LogP contribution in [-0.4, -0.2) is 76.3 Å². The lowest BCUT2D eigenvalue weighted by Gasteiger charge is -2.37. The average Bonchev–Trinajstić information content (AvgIpc) is 2.91. The van der Waals surface area contributed by atoms with Crippen molar-refractivity contribution in [3.8, 4) is 11.5 Å². The van der Waals surface area contributed by atoms with Gasteiger partial charge in [-0.15, -0.1) is 0 Å². The molecule has 0 spiro atoms. The van der Waals surface area contributed by atoms with Gasteiger partial charge in [0.25, 0.3) is 5.91 Å². The average molecular weight is 524 g/mol. The summed E-state index contributed by atoms with van der Waals surface area (Å²) in [6.07, 6.45) is 1.18. The monoisotopic (exact) mass is 523 g/mol. The van der Waals surface area contributed by atoms with Crippen molar-refractivity contribution in [1.82, 2.24) is 4.90 Å². The number of para-hydroxylation sites is 1. The van der Waals surface area contributed by atoms with Gasteiger partial charge in [-0.2, -0.15) is 0 Å². The molecule has 0 saturated carbocycles. The summed E-state index contributed by atoms with van der Waals surface area (Å²) in [5.74, 6) is 0.0740. The van der Waals surface area contributed by atoms with Gasteiger partial charge in [-0.3, -0.25) is 14.5 Å². The Morgan fingerprint density at radius 1 is 0.919 bits per heavy atom. The minimum atomic E-state index is -3.39. The second-order valence-corrected chi connectivity index (χ2v) is 10.7. The van der Waals surface area contributed by atoms with Gasteiger partial charge in [-0.1, -0.05) is 12.1 Å². The molecule has 1 saturated heterocycles. The summed E-state index contributed by atoms with van der Waals surface area (Å²) in [5.41, 5.74) is 1.49. The van der Waals surface area contributed by atoms with Crippen LogP contribution in [0, 0.1) is 0 Å². The Balaban J connectivity index is 1.50. The number of carbonyl (C=O) groups excluding carboxylic acids is 2. The first-order chi connectivity index (χ1) is 17.7. The highest BCUT2D eigenvalue weighted by Gasteiger charge is 2.28. The zero-order chi connectivity index (χ0) is 26.6. The summed E-state index contributed by atoms with van der Waals surface area (Å²) in [5, 5.41) is 9.69. The number of carbonyl (C=O) groups is 2. The van der Waals surface area contributed by atoms with Crippen LogP contribution in [0.1, 0.15) is 10.4 Å². The Hall–Kier alpha value is -4.05. The lowest BCUT2D eigenvalue weighted by atomic mass is 10.1. The van der Waals surface area contributed by atoms with Crippen LogP contribution in [0.15, 0.2) is 77.7 Å². The molecule has 0 atom stereocenters. The molecule has 0 aromatic heterocycles. The molecule has 0 radical (unpaired) electrons. The van der Waals surface area contributed by atoms with Crippen LogP contribution in [0.2, 0.25) is 0 Å². The van der Waals surface area contributed by atoms with Crippen LogP contribution in [0.3, 0.4) is 0 Å². The summed E-state index contributed by atoms with van der Waals surface area (Å²) in [6, 6.07) is 19.6. The predicted octanol–water partition coefficient (Wildman–Crippen LogP) is 2.80. The standard InChI is InChI=1S/C27H29N3O6S/c1-36-23-13-7-20(8-14-23)27(33)30(21-9-11-22(31)12-10-21)19-26(32)29-17-15-28(16-18-29)24-5-3-4-6-25(24)37(2,34)35/h3-14,31H,15-19H2,1-2H3. The fourth-order valence-electron chi connectivity index (χ4n) is 4.27. The van der Waals surface area contributed by atoms with Gasteiger partial charge in [-0.05, 0) is 60.7 Å². The maximum Gasteiger partial charge on any atom is 0.258 e. The van der Waals surface area contributed by atoms with Crippen molar-refractivity contribution in [1.29, 1.82) is 0 Å². The molecule has 1 aliphatic heterocycles. The molecule has 3 aromatic carbocycles. The van der Waals surface area contributed by atoms with Gasteiger partial charge in [0.1, 0.15) is 18.0 Å². The lowest BCUT2D eigenvalue weighted by Crippen LogP contribution is -2.52. The van der Waals surface area contributed by atoms with Crippen molar-refractivity contribution in [2.24, 2.45) is 0 Å². The van der Waals surface area contributed by atoms with Crippen molar-refractivity contribution < 1.29 is 27.9 Å². The number of nitrogens with zero attached hydrogens (tertiary/aromatic N) is 3. The number of piperazine rings is 1. The fraction of sp³-hybridized carbons (Fsp3) is 0.259. The van der Waals surface area contributed by atoms with E-state index in [-0.39, 0.29) is 29.0 Å². The molecule has 9 nitrogen and oxygen atoms in total. The molecule has 1 heterocycles. The molecule has 1 N–H and O–H groups in total. The first-order valence-corrected chi connectivity index (χ1v) is 13.6. The van der Waals surface area contributed by atoms with Gasteiger partial charge in [0.15, 0.2) is 9.84 Å². The number of aromatic hydroxyl groups is 1. The molecule has 1 fully saturated rings. The molecule has 0 bridgehead atoms. The van der Waals surface area contributed by atoms with Gasteiger partial charge in [-0.25, -0.2) is 8.42 Å². The smallest absolute Gasteiger partial charge is 0.258 e. The van der Waals surface area contributed by atoms with Crippen LogP contribution in [0.4, 0.5) is 11.4 Å². The minimum absolute atomic E-state index is 0.0532. The number of anilines is 2. The highest BCUT2D eigenvalue weighted by atomic mass is 32.2. The minimum Gasteiger partial charge on any atom is -0.508 e. The number of phenolic OH excluding ortho intramolecular Hbond substituents is 1. The highest BCUT2D eigenvalue weighted by Crippen LogP contribution is 2.26. The number of methoxy groups -OCH3 is 1. The third kappa shape index (κ3) is 6.03. The molecule has 37 heavy (non-hydrogen) atoms. The molecule has 4 rings (SSSR count). The molecule has 0 unspecified atom stereocenters. The van der Waals surface area contributed by atoms with Crippen molar-refractivity contribution in [3.05, 3.63) is 78.4 Å². The SMILES string of the molecule is COc1ccc(C(=O)N(CC(=O)N2CCN(c3ccccc3S(C)(=O)=O)CC2)c2ccc(O)cc2)cc1.